The number of carbonyl (C=O) groups is 1. The predicted octanol–water partition coefficient (Wildman–Crippen LogP) is 4.99. The van der Waals surface area contributed by atoms with Crippen LogP contribution in [0.4, 0.5) is 0 Å². The molecule has 0 fully saturated rings. The Morgan fingerprint density at radius 2 is 1.52 bits per heavy atom. The summed E-state index contributed by atoms with van der Waals surface area (Å²) in [4.78, 5) is 12.5. The molecule has 2 rings (SSSR count). The number of carbonyl (C=O) groups excluding carboxylic acids is 1. The van der Waals surface area contributed by atoms with E-state index in [1.807, 2.05) is 48.5 Å². The molecule has 1 atom stereocenters. The van der Waals surface area contributed by atoms with Gasteiger partial charge in [0.1, 0.15) is 0 Å². The van der Waals surface area contributed by atoms with Gasteiger partial charge in [0.05, 0.1) is 12.5 Å². The van der Waals surface area contributed by atoms with Crippen molar-refractivity contribution in [3.8, 4) is 0 Å². The highest BCUT2D eigenvalue weighted by Crippen LogP contribution is 2.23. The molecule has 0 aromatic heterocycles. The van der Waals surface area contributed by atoms with Crippen LogP contribution in [0.5, 0.6) is 0 Å². The highest BCUT2D eigenvalue weighted by molar-refractivity contribution is 5.78. The Kier molecular flexibility index (Phi) is 6.86. The van der Waals surface area contributed by atoms with Crippen LogP contribution in [0.15, 0.2) is 60.7 Å². The molecule has 0 aliphatic heterocycles. The molecule has 0 aliphatic carbocycles. The highest BCUT2D eigenvalue weighted by Gasteiger charge is 2.22. The lowest BCUT2D eigenvalue weighted by Crippen LogP contribution is -2.18. The molecular formula is C21H26O2. The summed E-state index contributed by atoms with van der Waals surface area (Å²) in [5.41, 5.74) is 2.29. The van der Waals surface area contributed by atoms with Crippen molar-refractivity contribution in [3.63, 3.8) is 0 Å². The van der Waals surface area contributed by atoms with Crippen molar-refractivity contribution >= 4 is 5.97 Å². The van der Waals surface area contributed by atoms with Gasteiger partial charge in [0.2, 0.25) is 0 Å². The second kappa shape index (κ2) is 9.14. The van der Waals surface area contributed by atoms with Crippen LogP contribution in [0, 0.1) is 5.92 Å². The largest absolute Gasteiger partial charge is 0.465 e. The zero-order valence-electron chi connectivity index (χ0n) is 14.1. The maximum atomic E-state index is 12.5. The van der Waals surface area contributed by atoms with E-state index in [-0.39, 0.29) is 11.9 Å². The third-order valence-corrected chi connectivity index (χ3v) is 3.99. The Morgan fingerprint density at radius 1 is 0.913 bits per heavy atom. The Bertz CT molecular complexity index is 575. The second-order valence-electron chi connectivity index (χ2n) is 6.34. The van der Waals surface area contributed by atoms with E-state index in [4.69, 9.17) is 4.74 Å². The van der Waals surface area contributed by atoms with Gasteiger partial charge in [-0.1, -0.05) is 74.5 Å². The average Bonchev–Trinajstić information content (AvgIpc) is 2.56. The van der Waals surface area contributed by atoms with Gasteiger partial charge in [-0.3, -0.25) is 4.79 Å². The van der Waals surface area contributed by atoms with Crippen LogP contribution in [-0.2, 0) is 16.0 Å². The van der Waals surface area contributed by atoms with E-state index in [9.17, 15) is 4.79 Å². The van der Waals surface area contributed by atoms with Crippen LogP contribution in [0.2, 0.25) is 0 Å². The van der Waals surface area contributed by atoms with Gasteiger partial charge in [-0.15, -0.1) is 0 Å². The lowest BCUT2D eigenvalue weighted by Gasteiger charge is -2.17. The van der Waals surface area contributed by atoms with Crippen LogP contribution < -0.4 is 0 Å². The minimum absolute atomic E-state index is 0.104. The first-order valence-corrected chi connectivity index (χ1v) is 8.42. The molecule has 0 saturated heterocycles. The summed E-state index contributed by atoms with van der Waals surface area (Å²) >= 11 is 0. The molecule has 2 nitrogen and oxygen atoms in total. The quantitative estimate of drug-likeness (QED) is 0.642. The molecule has 0 N–H and O–H groups in total. The lowest BCUT2D eigenvalue weighted by atomic mass is 9.92. The third kappa shape index (κ3) is 5.90. The van der Waals surface area contributed by atoms with Crippen LogP contribution in [0.1, 0.15) is 43.7 Å². The molecule has 1 unspecified atom stereocenters. The first-order chi connectivity index (χ1) is 11.2. The molecule has 2 aromatic rings. The summed E-state index contributed by atoms with van der Waals surface area (Å²) in [6, 6.07) is 20.2. The first-order valence-electron chi connectivity index (χ1n) is 8.42. The number of aryl methyl sites for hydroxylation is 1. The van der Waals surface area contributed by atoms with E-state index >= 15 is 0 Å². The Balaban J connectivity index is 2.01. The van der Waals surface area contributed by atoms with E-state index < -0.39 is 0 Å². The minimum atomic E-state index is -0.191. The highest BCUT2D eigenvalue weighted by atomic mass is 16.5. The minimum Gasteiger partial charge on any atom is -0.465 e. The van der Waals surface area contributed by atoms with E-state index in [0.29, 0.717) is 12.5 Å². The fourth-order valence-electron chi connectivity index (χ4n) is 2.56. The molecule has 0 saturated carbocycles. The van der Waals surface area contributed by atoms with Gasteiger partial charge in [0.25, 0.3) is 0 Å². The van der Waals surface area contributed by atoms with Crippen molar-refractivity contribution in [1.29, 1.82) is 0 Å². The lowest BCUT2D eigenvalue weighted by molar-refractivity contribution is -0.146. The summed E-state index contributed by atoms with van der Waals surface area (Å²) in [6.45, 7) is 4.78. The maximum absolute atomic E-state index is 12.5. The summed E-state index contributed by atoms with van der Waals surface area (Å²) in [6.07, 6.45) is 2.56. The smallest absolute Gasteiger partial charge is 0.313 e. The number of rotatable bonds is 8. The fraction of sp³-hybridized carbons (Fsp3) is 0.381. The van der Waals surface area contributed by atoms with Crippen molar-refractivity contribution < 1.29 is 9.53 Å². The predicted molar refractivity (Wildman–Crippen MR) is 94.4 cm³/mol. The Labute approximate surface area is 139 Å². The average molecular weight is 310 g/mol. The molecule has 23 heavy (non-hydrogen) atoms. The number of benzene rings is 2. The SMILES string of the molecule is CC(C)CCOC(=O)C(CCc1ccccc1)c1ccccc1. The van der Waals surface area contributed by atoms with Gasteiger partial charge in [-0.05, 0) is 36.3 Å². The summed E-state index contributed by atoms with van der Waals surface area (Å²) in [7, 11) is 0. The van der Waals surface area contributed by atoms with Crippen LogP contribution >= 0.6 is 0 Å². The molecule has 122 valence electrons. The Hall–Kier alpha value is -2.09. The molecule has 0 spiro atoms. The summed E-state index contributed by atoms with van der Waals surface area (Å²) in [5.74, 6) is 0.249. The third-order valence-electron chi connectivity index (χ3n) is 3.99. The molecule has 0 aliphatic rings. The summed E-state index contributed by atoms with van der Waals surface area (Å²) < 4.78 is 5.52. The normalized spacial score (nSPS) is 12.1. The van der Waals surface area contributed by atoms with Gasteiger partial charge >= 0.3 is 5.97 Å². The molecular weight excluding hydrogens is 284 g/mol. The van der Waals surface area contributed by atoms with E-state index in [2.05, 4.69) is 26.0 Å². The Morgan fingerprint density at radius 3 is 2.13 bits per heavy atom. The second-order valence-corrected chi connectivity index (χ2v) is 6.34. The van der Waals surface area contributed by atoms with Crippen molar-refractivity contribution in [2.75, 3.05) is 6.61 Å². The van der Waals surface area contributed by atoms with Crippen molar-refractivity contribution in [2.45, 2.75) is 39.0 Å². The zero-order valence-corrected chi connectivity index (χ0v) is 14.1. The van der Waals surface area contributed by atoms with Crippen molar-refractivity contribution in [3.05, 3.63) is 71.8 Å². The van der Waals surface area contributed by atoms with Gasteiger partial charge in [0.15, 0.2) is 0 Å². The molecule has 0 bridgehead atoms. The monoisotopic (exact) mass is 310 g/mol. The van der Waals surface area contributed by atoms with Gasteiger partial charge in [-0.25, -0.2) is 0 Å². The molecule has 0 heterocycles. The van der Waals surface area contributed by atoms with E-state index in [0.717, 1.165) is 24.8 Å². The van der Waals surface area contributed by atoms with E-state index in [1.165, 1.54) is 5.56 Å². The molecule has 0 amide bonds. The van der Waals surface area contributed by atoms with Crippen LogP contribution in [-0.4, -0.2) is 12.6 Å². The number of hydrogen-bond acceptors (Lipinski definition) is 2. The number of ether oxygens (including phenoxy) is 1. The number of esters is 1. The fourth-order valence-corrected chi connectivity index (χ4v) is 2.56. The summed E-state index contributed by atoms with van der Waals surface area (Å²) in [5, 5.41) is 0. The maximum Gasteiger partial charge on any atom is 0.313 e. The van der Waals surface area contributed by atoms with E-state index in [1.54, 1.807) is 0 Å². The van der Waals surface area contributed by atoms with Gasteiger partial charge in [0, 0.05) is 0 Å². The van der Waals surface area contributed by atoms with Gasteiger partial charge < -0.3 is 4.74 Å². The topological polar surface area (TPSA) is 26.3 Å². The van der Waals surface area contributed by atoms with Crippen LogP contribution in [0.3, 0.4) is 0 Å². The van der Waals surface area contributed by atoms with Crippen molar-refractivity contribution in [1.82, 2.24) is 0 Å². The van der Waals surface area contributed by atoms with Gasteiger partial charge in [-0.2, -0.15) is 0 Å². The number of hydrogen-bond donors (Lipinski definition) is 0. The molecule has 2 aromatic carbocycles. The van der Waals surface area contributed by atoms with Crippen molar-refractivity contribution in [2.24, 2.45) is 5.92 Å². The molecule has 0 radical (unpaired) electrons. The van der Waals surface area contributed by atoms with Crippen LogP contribution in [0.25, 0.3) is 0 Å². The standard InChI is InChI=1S/C21H26O2/c1-17(2)15-16-23-21(22)20(19-11-7-4-8-12-19)14-13-18-9-5-3-6-10-18/h3-12,17,20H,13-16H2,1-2H3. The zero-order chi connectivity index (χ0) is 16.5. The molecule has 2 heteroatoms. The first kappa shape index (κ1) is 17.3.